The number of H-pyrrole nitrogens is 1. The van der Waals surface area contributed by atoms with Crippen molar-refractivity contribution in [1.29, 1.82) is 0 Å². The predicted octanol–water partition coefficient (Wildman–Crippen LogP) is -0.0377. The second kappa shape index (κ2) is 14.6. The zero-order valence-corrected chi connectivity index (χ0v) is 22.2. The van der Waals surface area contributed by atoms with Crippen molar-refractivity contribution in [3.05, 3.63) is 36.0 Å². The zero-order valence-electron chi connectivity index (χ0n) is 22.2. The van der Waals surface area contributed by atoms with E-state index in [2.05, 4.69) is 20.9 Å². The van der Waals surface area contributed by atoms with Gasteiger partial charge in [-0.25, -0.2) is 4.79 Å². The summed E-state index contributed by atoms with van der Waals surface area (Å²) >= 11 is 0. The van der Waals surface area contributed by atoms with Crippen LogP contribution in [0.4, 0.5) is 0 Å². The van der Waals surface area contributed by atoms with E-state index in [-0.39, 0.29) is 19.3 Å². The summed E-state index contributed by atoms with van der Waals surface area (Å²) in [5.41, 5.74) is 7.18. The van der Waals surface area contributed by atoms with Gasteiger partial charge in [-0.2, -0.15) is 0 Å². The summed E-state index contributed by atoms with van der Waals surface area (Å²) in [6.07, 6.45) is 0.625. The number of carbonyl (C=O) groups is 6. The summed E-state index contributed by atoms with van der Waals surface area (Å²) in [6.45, 7) is 3.47. The van der Waals surface area contributed by atoms with E-state index < -0.39 is 72.1 Å². The third-order valence-corrected chi connectivity index (χ3v) is 6.52. The van der Waals surface area contributed by atoms with Gasteiger partial charge in [0.05, 0.1) is 12.5 Å². The zero-order chi connectivity index (χ0) is 30.0. The molecular weight excluding hydrogens is 526 g/mol. The minimum atomic E-state index is -1.75. The van der Waals surface area contributed by atoms with Crippen molar-refractivity contribution in [1.82, 2.24) is 20.9 Å². The third-order valence-electron chi connectivity index (χ3n) is 6.52. The Bertz CT molecular complexity index is 1240. The van der Waals surface area contributed by atoms with Crippen LogP contribution < -0.4 is 21.7 Å². The van der Waals surface area contributed by atoms with Gasteiger partial charge in [0.15, 0.2) is 0 Å². The summed E-state index contributed by atoms with van der Waals surface area (Å²) in [5.74, 6) is -6.99. The van der Waals surface area contributed by atoms with Gasteiger partial charge in [-0.1, -0.05) is 38.5 Å². The fraction of sp³-hybridized carbons (Fsp3) is 0.462. The van der Waals surface area contributed by atoms with Crippen LogP contribution in [0.15, 0.2) is 30.5 Å². The van der Waals surface area contributed by atoms with Crippen LogP contribution in [0.3, 0.4) is 0 Å². The lowest BCUT2D eigenvalue weighted by Crippen LogP contribution is -2.59. The molecule has 0 aliphatic heterocycles. The minimum absolute atomic E-state index is 0.0830. The molecule has 14 nitrogen and oxygen atoms in total. The molecule has 0 saturated heterocycles. The summed E-state index contributed by atoms with van der Waals surface area (Å²) in [7, 11) is 0. The molecule has 14 heteroatoms. The molecule has 1 heterocycles. The Hall–Kier alpha value is -4.46. The number of aromatic nitrogens is 1. The molecule has 0 radical (unpaired) electrons. The number of aliphatic carboxylic acids is 3. The summed E-state index contributed by atoms with van der Waals surface area (Å²) in [4.78, 5) is 75.8. The third kappa shape index (κ3) is 9.08. The maximum Gasteiger partial charge on any atom is 0.326 e. The van der Waals surface area contributed by atoms with Crippen LogP contribution in [-0.2, 0) is 35.2 Å². The van der Waals surface area contributed by atoms with Crippen molar-refractivity contribution >= 4 is 46.5 Å². The fourth-order valence-corrected chi connectivity index (χ4v) is 4.01. The number of aromatic amines is 1. The van der Waals surface area contributed by atoms with Crippen molar-refractivity contribution in [3.8, 4) is 0 Å². The molecule has 5 atom stereocenters. The van der Waals surface area contributed by atoms with Crippen LogP contribution >= 0.6 is 0 Å². The molecule has 2 rings (SSSR count). The van der Waals surface area contributed by atoms with Gasteiger partial charge in [0, 0.05) is 29.9 Å². The molecule has 40 heavy (non-hydrogen) atoms. The number of hydrogen-bond acceptors (Lipinski definition) is 7. The maximum absolute atomic E-state index is 13.4. The Morgan fingerprint density at radius 1 is 0.900 bits per heavy atom. The van der Waals surface area contributed by atoms with E-state index in [0.717, 1.165) is 10.9 Å². The molecular formula is C26H35N5O9. The monoisotopic (exact) mass is 561 g/mol. The molecule has 0 bridgehead atoms. The molecule has 0 fully saturated rings. The smallest absolute Gasteiger partial charge is 0.326 e. The van der Waals surface area contributed by atoms with E-state index in [0.29, 0.717) is 12.0 Å². The van der Waals surface area contributed by atoms with Gasteiger partial charge >= 0.3 is 17.9 Å². The molecule has 2 aromatic rings. The quantitative estimate of drug-likeness (QED) is 0.136. The van der Waals surface area contributed by atoms with Crippen molar-refractivity contribution in [2.75, 3.05) is 0 Å². The van der Waals surface area contributed by atoms with Gasteiger partial charge in [-0.3, -0.25) is 24.0 Å². The van der Waals surface area contributed by atoms with Crippen LogP contribution in [0.2, 0.25) is 0 Å². The highest BCUT2D eigenvalue weighted by atomic mass is 16.4. The van der Waals surface area contributed by atoms with Crippen LogP contribution in [-0.4, -0.2) is 80.1 Å². The van der Waals surface area contributed by atoms with Crippen molar-refractivity contribution < 1.29 is 44.1 Å². The molecule has 5 unspecified atom stereocenters. The maximum atomic E-state index is 13.4. The van der Waals surface area contributed by atoms with Crippen LogP contribution in [0.5, 0.6) is 0 Å². The van der Waals surface area contributed by atoms with E-state index in [4.69, 9.17) is 15.9 Å². The second-order valence-corrected chi connectivity index (χ2v) is 9.53. The lowest BCUT2D eigenvalue weighted by molar-refractivity contribution is -0.147. The predicted molar refractivity (Wildman–Crippen MR) is 142 cm³/mol. The van der Waals surface area contributed by atoms with Gasteiger partial charge in [-0.15, -0.1) is 0 Å². The van der Waals surface area contributed by atoms with Crippen LogP contribution in [0.1, 0.15) is 45.1 Å². The molecule has 0 aliphatic carbocycles. The average Bonchev–Trinajstić information content (AvgIpc) is 3.31. The first-order valence-corrected chi connectivity index (χ1v) is 12.7. The lowest BCUT2D eigenvalue weighted by Gasteiger charge is -2.28. The van der Waals surface area contributed by atoms with Crippen LogP contribution in [0.25, 0.3) is 10.9 Å². The standard InChI is InChI=1S/C26H35N5O9/c1-3-13(2)22(31-23(36)16(27)8-9-20(32)33)25(38)29-18(24(37)30-19(26(39)40)11-21(34)35)10-14-12-28-17-7-5-4-6-15(14)17/h4-7,12-13,16,18-19,22,28H,3,8-11,27H2,1-2H3,(H,29,38)(H,30,37)(H,31,36)(H,32,33)(H,34,35)(H,39,40). The number of rotatable bonds is 16. The fourth-order valence-electron chi connectivity index (χ4n) is 4.01. The van der Waals surface area contributed by atoms with E-state index in [1.165, 1.54) is 0 Å². The summed E-state index contributed by atoms with van der Waals surface area (Å²) in [6, 6.07) is 1.76. The SMILES string of the molecule is CCC(C)C(NC(=O)C(N)CCC(=O)O)C(=O)NC(Cc1c[nH]c2ccccc12)C(=O)NC(CC(=O)O)C(=O)O. The number of benzene rings is 1. The lowest BCUT2D eigenvalue weighted by atomic mass is 9.96. The van der Waals surface area contributed by atoms with Gasteiger partial charge in [0.25, 0.3) is 0 Å². The van der Waals surface area contributed by atoms with Gasteiger partial charge < -0.3 is 42.0 Å². The number of carboxylic acids is 3. The average molecular weight is 562 g/mol. The van der Waals surface area contributed by atoms with Crippen molar-refractivity contribution in [3.63, 3.8) is 0 Å². The highest BCUT2D eigenvalue weighted by Crippen LogP contribution is 2.20. The number of nitrogens with two attached hydrogens (primary N) is 1. The number of para-hydroxylation sites is 1. The normalized spacial score (nSPS) is 14.8. The Morgan fingerprint density at radius 3 is 2.15 bits per heavy atom. The van der Waals surface area contributed by atoms with Gasteiger partial charge in [-0.05, 0) is 24.0 Å². The van der Waals surface area contributed by atoms with E-state index in [1.807, 2.05) is 6.07 Å². The first-order chi connectivity index (χ1) is 18.8. The Kier molecular flexibility index (Phi) is 11.6. The van der Waals surface area contributed by atoms with Crippen molar-refractivity contribution in [2.24, 2.45) is 11.7 Å². The molecule has 218 valence electrons. The first-order valence-electron chi connectivity index (χ1n) is 12.7. The highest BCUT2D eigenvalue weighted by molar-refractivity contribution is 5.95. The first kappa shape index (κ1) is 31.8. The van der Waals surface area contributed by atoms with E-state index in [1.54, 1.807) is 38.2 Å². The van der Waals surface area contributed by atoms with Gasteiger partial charge in [0.2, 0.25) is 17.7 Å². The van der Waals surface area contributed by atoms with E-state index >= 15 is 0 Å². The van der Waals surface area contributed by atoms with Crippen LogP contribution in [0, 0.1) is 5.92 Å². The molecule has 0 aliphatic rings. The summed E-state index contributed by atoms with van der Waals surface area (Å²) in [5, 5.41) is 35.3. The number of carboxylic acid groups (broad SMARTS) is 3. The molecule has 1 aromatic carbocycles. The number of nitrogens with one attached hydrogen (secondary N) is 4. The highest BCUT2D eigenvalue weighted by Gasteiger charge is 2.33. The number of carbonyl (C=O) groups excluding carboxylic acids is 3. The van der Waals surface area contributed by atoms with Gasteiger partial charge in [0.1, 0.15) is 18.1 Å². The topological polar surface area (TPSA) is 241 Å². The molecule has 1 aromatic heterocycles. The molecule has 9 N–H and O–H groups in total. The number of fused-ring (bicyclic) bond motifs is 1. The summed E-state index contributed by atoms with van der Waals surface area (Å²) < 4.78 is 0. The second-order valence-electron chi connectivity index (χ2n) is 9.53. The molecule has 3 amide bonds. The Labute approximate surface area is 229 Å². The minimum Gasteiger partial charge on any atom is -0.481 e. The Morgan fingerprint density at radius 2 is 1.55 bits per heavy atom. The molecule has 0 saturated carbocycles. The number of hydrogen-bond donors (Lipinski definition) is 8. The largest absolute Gasteiger partial charge is 0.481 e. The Balaban J connectivity index is 2.32. The molecule has 0 spiro atoms. The van der Waals surface area contributed by atoms with E-state index in [9.17, 15) is 33.9 Å². The number of amides is 3. The van der Waals surface area contributed by atoms with Crippen molar-refractivity contribution in [2.45, 2.75) is 70.1 Å².